The van der Waals surface area contributed by atoms with E-state index in [4.69, 9.17) is 4.98 Å². The number of anilines is 1. The Morgan fingerprint density at radius 1 is 0.892 bits per heavy atom. The fourth-order valence-corrected chi connectivity index (χ4v) is 6.00. The van der Waals surface area contributed by atoms with Gasteiger partial charge in [-0.3, -0.25) is 0 Å². The molecule has 2 unspecified atom stereocenters. The Morgan fingerprint density at radius 3 is 2.35 bits per heavy atom. The fourth-order valence-electron chi connectivity index (χ4n) is 6.00. The molecule has 6 nitrogen and oxygen atoms in total. The third-order valence-electron chi connectivity index (χ3n) is 8.34. The second-order valence-corrected chi connectivity index (χ2v) is 11.0. The zero-order chi connectivity index (χ0) is 25.5. The molecule has 2 N–H and O–H groups in total. The Hall–Kier alpha value is -3.19. The molecule has 4 aromatic rings. The van der Waals surface area contributed by atoms with Crippen LogP contribution in [-0.2, 0) is 0 Å². The standard InChI is InChI=1S/C31H37N5O/c1-21-16-24(8-9-29(21)36-14-12-34(2)13-15-36)26-17-27-28(19-33-31(27)32-18-26)22-4-6-23(7-5-22)30(37)25-10-11-35(3)20-25/h4-9,16-19,25,30,37H,10-15,20H2,1-3H3,(H,32,33). The average molecular weight is 496 g/mol. The molecule has 0 amide bonds. The minimum Gasteiger partial charge on any atom is -0.388 e. The molecule has 2 aliphatic heterocycles. The Labute approximate surface area is 219 Å². The summed E-state index contributed by atoms with van der Waals surface area (Å²) in [5.41, 5.74) is 9.11. The van der Waals surface area contributed by atoms with Gasteiger partial charge < -0.3 is 24.8 Å². The second-order valence-electron chi connectivity index (χ2n) is 11.0. The molecular weight excluding hydrogens is 458 g/mol. The van der Waals surface area contributed by atoms with Crippen LogP contribution in [0.4, 0.5) is 5.69 Å². The van der Waals surface area contributed by atoms with Crippen LogP contribution in [0.5, 0.6) is 0 Å². The van der Waals surface area contributed by atoms with Crippen molar-refractivity contribution in [1.29, 1.82) is 0 Å². The highest BCUT2D eigenvalue weighted by atomic mass is 16.3. The van der Waals surface area contributed by atoms with Crippen LogP contribution in [0.1, 0.15) is 23.7 Å². The molecule has 0 spiro atoms. The normalized spacial score (nSPS) is 20.1. The van der Waals surface area contributed by atoms with Crippen molar-refractivity contribution in [2.24, 2.45) is 5.92 Å². The van der Waals surface area contributed by atoms with Gasteiger partial charge in [-0.1, -0.05) is 30.3 Å². The molecule has 0 aliphatic carbocycles. The van der Waals surface area contributed by atoms with Crippen molar-refractivity contribution in [3.8, 4) is 22.3 Å². The van der Waals surface area contributed by atoms with Crippen LogP contribution in [0.2, 0.25) is 0 Å². The van der Waals surface area contributed by atoms with E-state index in [1.165, 1.54) is 16.8 Å². The molecule has 37 heavy (non-hydrogen) atoms. The minimum atomic E-state index is -0.410. The first-order chi connectivity index (χ1) is 18.0. The molecule has 2 fully saturated rings. The van der Waals surface area contributed by atoms with Crippen molar-refractivity contribution >= 4 is 16.7 Å². The number of aryl methyl sites for hydroxylation is 1. The lowest BCUT2D eigenvalue weighted by Crippen LogP contribution is -2.44. The van der Waals surface area contributed by atoms with E-state index < -0.39 is 6.10 Å². The third-order valence-corrected chi connectivity index (χ3v) is 8.34. The van der Waals surface area contributed by atoms with Crippen molar-refractivity contribution in [2.75, 3.05) is 58.3 Å². The number of nitrogens with zero attached hydrogens (tertiary/aromatic N) is 4. The van der Waals surface area contributed by atoms with Crippen molar-refractivity contribution in [3.05, 3.63) is 72.1 Å². The number of piperazine rings is 1. The summed E-state index contributed by atoms with van der Waals surface area (Å²) in [4.78, 5) is 15.3. The molecule has 0 saturated carbocycles. The van der Waals surface area contributed by atoms with Crippen LogP contribution >= 0.6 is 0 Å². The zero-order valence-electron chi connectivity index (χ0n) is 22.1. The number of H-pyrrole nitrogens is 1. The summed E-state index contributed by atoms with van der Waals surface area (Å²) in [5, 5.41) is 12.0. The Balaban J connectivity index is 1.26. The van der Waals surface area contributed by atoms with Crippen LogP contribution in [-0.4, -0.2) is 78.2 Å². The average Bonchev–Trinajstić information content (AvgIpc) is 3.55. The first-order valence-corrected chi connectivity index (χ1v) is 13.4. The number of fused-ring (bicyclic) bond motifs is 1. The van der Waals surface area contributed by atoms with Crippen LogP contribution in [0.15, 0.2) is 60.9 Å². The van der Waals surface area contributed by atoms with E-state index in [2.05, 4.69) is 89.2 Å². The molecule has 2 aromatic heterocycles. The Kier molecular flexibility index (Phi) is 6.49. The molecular formula is C31H37N5O. The van der Waals surface area contributed by atoms with E-state index >= 15 is 0 Å². The predicted molar refractivity (Wildman–Crippen MR) is 152 cm³/mol. The molecule has 2 saturated heterocycles. The number of likely N-dealkylation sites (N-methyl/N-ethyl adjacent to an activating group) is 1. The number of likely N-dealkylation sites (tertiary alicyclic amines) is 1. The van der Waals surface area contributed by atoms with Gasteiger partial charge in [0.15, 0.2) is 0 Å². The second kappa shape index (κ2) is 9.93. The van der Waals surface area contributed by atoms with E-state index in [0.717, 1.165) is 79.0 Å². The van der Waals surface area contributed by atoms with E-state index in [9.17, 15) is 5.11 Å². The number of hydrogen-bond donors (Lipinski definition) is 2. The highest BCUT2D eigenvalue weighted by molar-refractivity contribution is 5.95. The van der Waals surface area contributed by atoms with Crippen molar-refractivity contribution < 1.29 is 5.11 Å². The van der Waals surface area contributed by atoms with Crippen molar-refractivity contribution in [1.82, 2.24) is 19.8 Å². The van der Waals surface area contributed by atoms with Gasteiger partial charge in [-0.2, -0.15) is 0 Å². The lowest BCUT2D eigenvalue weighted by Gasteiger charge is -2.35. The summed E-state index contributed by atoms with van der Waals surface area (Å²) < 4.78 is 0. The van der Waals surface area contributed by atoms with Gasteiger partial charge in [0.25, 0.3) is 0 Å². The molecule has 192 valence electrons. The lowest BCUT2D eigenvalue weighted by atomic mass is 9.93. The monoisotopic (exact) mass is 495 g/mol. The van der Waals surface area contributed by atoms with Gasteiger partial charge in [0.1, 0.15) is 5.65 Å². The maximum absolute atomic E-state index is 10.9. The van der Waals surface area contributed by atoms with E-state index in [-0.39, 0.29) is 0 Å². The smallest absolute Gasteiger partial charge is 0.137 e. The van der Waals surface area contributed by atoms with Gasteiger partial charge in [0.05, 0.1) is 6.10 Å². The number of aromatic nitrogens is 2. The number of aliphatic hydroxyl groups is 1. The molecule has 6 heteroatoms. The van der Waals surface area contributed by atoms with Crippen molar-refractivity contribution in [3.63, 3.8) is 0 Å². The van der Waals surface area contributed by atoms with Crippen LogP contribution in [0.3, 0.4) is 0 Å². The van der Waals surface area contributed by atoms with Crippen LogP contribution in [0.25, 0.3) is 33.3 Å². The number of rotatable bonds is 5. The van der Waals surface area contributed by atoms with E-state index in [0.29, 0.717) is 5.92 Å². The Morgan fingerprint density at radius 2 is 1.65 bits per heavy atom. The molecule has 0 bridgehead atoms. The number of aliphatic hydroxyl groups excluding tert-OH is 1. The lowest BCUT2D eigenvalue weighted by molar-refractivity contribution is 0.113. The molecule has 0 radical (unpaired) electrons. The van der Waals surface area contributed by atoms with Crippen LogP contribution in [0, 0.1) is 12.8 Å². The van der Waals surface area contributed by atoms with Gasteiger partial charge in [-0.25, -0.2) is 4.98 Å². The summed E-state index contributed by atoms with van der Waals surface area (Å²) >= 11 is 0. The van der Waals surface area contributed by atoms with Gasteiger partial charge in [-0.05, 0) is 74.4 Å². The maximum Gasteiger partial charge on any atom is 0.137 e. The first-order valence-electron chi connectivity index (χ1n) is 13.4. The molecule has 4 heterocycles. The zero-order valence-corrected chi connectivity index (χ0v) is 22.1. The molecule has 6 rings (SSSR count). The number of aromatic amines is 1. The van der Waals surface area contributed by atoms with Gasteiger partial charge >= 0.3 is 0 Å². The fraction of sp³-hybridized carbons (Fsp3) is 0.387. The summed E-state index contributed by atoms with van der Waals surface area (Å²) in [6.07, 6.45) is 4.64. The topological polar surface area (TPSA) is 58.6 Å². The first kappa shape index (κ1) is 24.2. The summed E-state index contributed by atoms with van der Waals surface area (Å²) in [5.74, 6) is 0.307. The van der Waals surface area contributed by atoms with Gasteiger partial charge in [0.2, 0.25) is 0 Å². The largest absolute Gasteiger partial charge is 0.388 e. The molecule has 2 aromatic carbocycles. The predicted octanol–water partition coefficient (Wildman–Crippen LogP) is 4.94. The molecule has 2 atom stereocenters. The van der Waals surface area contributed by atoms with E-state index in [1.54, 1.807) is 0 Å². The highest BCUT2D eigenvalue weighted by Crippen LogP contribution is 2.35. The minimum absolute atomic E-state index is 0.307. The third kappa shape index (κ3) is 4.77. The van der Waals surface area contributed by atoms with Gasteiger partial charge in [0, 0.05) is 73.2 Å². The summed E-state index contributed by atoms with van der Waals surface area (Å²) in [7, 11) is 4.32. The number of pyridine rings is 1. The quantitative estimate of drug-likeness (QED) is 0.411. The Bertz CT molecular complexity index is 1390. The summed E-state index contributed by atoms with van der Waals surface area (Å²) in [6.45, 7) is 8.59. The van der Waals surface area contributed by atoms with E-state index in [1.807, 2.05) is 12.4 Å². The SMILES string of the molecule is Cc1cc(-c2cnc3[nH]cc(-c4ccc(C(O)C5CCN(C)C5)cc4)c3c2)ccc1N1CCN(C)CC1. The number of benzene rings is 2. The van der Waals surface area contributed by atoms with Gasteiger partial charge in [-0.15, -0.1) is 0 Å². The van der Waals surface area contributed by atoms with Crippen LogP contribution < -0.4 is 4.90 Å². The number of nitrogens with one attached hydrogen (secondary N) is 1. The summed E-state index contributed by atoms with van der Waals surface area (Å²) in [6, 6.07) is 17.4. The molecule has 2 aliphatic rings. The maximum atomic E-state index is 10.9. The van der Waals surface area contributed by atoms with Crippen molar-refractivity contribution in [2.45, 2.75) is 19.4 Å². The highest BCUT2D eigenvalue weighted by Gasteiger charge is 2.27. The number of hydrogen-bond acceptors (Lipinski definition) is 5.